The van der Waals surface area contributed by atoms with E-state index in [4.69, 9.17) is 22.9 Å². The van der Waals surface area contributed by atoms with Crippen LogP contribution in [0.3, 0.4) is 0 Å². The number of hydrogen-bond donors (Lipinski definition) is 4. The first kappa shape index (κ1) is 20.0. The highest BCUT2D eigenvalue weighted by Gasteiger charge is 2.17. The molecule has 0 aliphatic heterocycles. The third kappa shape index (κ3) is 3.59. The van der Waals surface area contributed by atoms with Gasteiger partial charge in [0.15, 0.2) is 0 Å². The van der Waals surface area contributed by atoms with Crippen LogP contribution in [-0.4, -0.2) is 0 Å². The van der Waals surface area contributed by atoms with E-state index in [1.807, 2.05) is 6.92 Å². The zero-order valence-electron chi connectivity index (χ0n) is 16.9. The number of nitrogen functional groups attached to an aromatic ring is 4. The lowest BCUT2D eigenvalue weighted by molar-refractivity contribution is 0.681. The Morgan fingerprint density at radius 1 is 0.808 bits per heavy atom. The average Bonchev–Trinajstić information content (AvgIpc) is 2.62. The zero-order chi connectivity index (χ0) is 19.6. The lowest BCUT2D eigenvalue weighted by Gasteiger charge is -2.21. The van der Waals surface area contributed by atoms with Crippen LogP contribution in [0.1, 0.15) is 66.5 Å². The van der Waals surface area contributed by atoms with E-state index in [9.17, 15) is 0 Å². The molecule has 0 bridgehead atoms. The third-order valence-corrected chi connectivity index (χ3v) is 5.73. The summed E-state index contributed by atoms with van der Waals surface area (Å²) in [5.41, 5.74) is 35.3. The van der Waals surface area contributed by atoms with Crippen molar-refractivity contribution in [3.8, 4) is 0 Å². The van der Waals surface area contributed by atoms with Crippen molar-refractivity contribution in [2.45, 2.75) is 66.2 Å². The molecule has 26 heavy (non-hydrogen) atoms. The molecule has 2 aromatic rings. The molecule has 142 valence electrons. The summed E-state index contributed by atoms with van der Waals surface area (Å²) in [6, 6.07) is 4.27. The summed E-state index contributed by atoms with van der Waals surface area (Å²) in [5.74, 6) is 0.309. The standard InChI is InChI=1S/C22H34N4/c1-6-15-10-13(4)19(23)17(22(15)26)9-8-12(3)18-11-16(7-2)20(24)14(5)21(18)25/h10-12H,6-9,23-26H2,1-5H3. The molecule has 4 nitrogen and oxygen atoms in total. The SMILES string of the molecule is CCc1cc(C(C)CCc2c(N)c(C)cc(CC)c2N)c(N)c(C)c1N. The minimum atomic E-state index is 0.309. The molecule has 8 N–H and O–H groups in total. The van der Waals surface area contributed by atoms with Crippen molar-refractivity contribution in [2.75, 3.05) is 22.9 Å². The van der Waals surface area contributed by atoms with E-state index >= 15 is 0 Å². The molecule has 1 atom stereocenters. The van der Waals surface area contributed by atoms with Gasteiger partial charge in [0.1, 0.15) is 0 Å². The summed E-state index contributed by atoms with van der Waals surface area (Å²) >= 11 is 0. The van der Waals surface area contributed by atoms with E-state index in [0.717, 1.165) is 65.1 Å². The van der Waals surface area contributed by atoms with E-state index in [1.165, 1.54) is 16.7 Å². The lowest BCUT2D eigenvalue weighted by Crippen LogP contribution is -2.10. The van der Waals surface area contributed by atoms with Crippen LogP contribution >= 0.6 is 0 Å². The summed E-state index contributed by atoms with van der Waals surface area (Å²) in [6.07, 6.45) is 3.61. The van der Waals surface area contributed by atoms with Crippen molar-refractivity contribution in [1.82, 2.24) is 0 Å². The van der Waals surface area contributed by atoms with E-state index < -0.39 is 0 Å². The van der Waals surface area contributed by atoms with Crippen LogP contribution in [0, 0.1) is 13.8 Å². The van der Waals surface area contributed by atoms with Crippen LogP contribution in [0.5, 0.6) is 0 Å². The Bertz CT molecular complexity index is 809. The van der Waals surface area contributed by atoms with Crippen molar-refractivity contribution in [1.29, 1.82) is 0 Å². The van der Waals surface area contributed by atoms with E-state index in [1.54, 1.807) is 0 Å². The van der Waals surface area contributed by atoms with E-state index in [2.05, 4.69) is 39.8 Å². The second-order valence-corrected chi connectivity index (χ2v) is 7.38. The molecule has 0 aliphatic carbocycles. The minimum Gasteiger partial charge on any atom is -0.398 e. The van der Waals surface area contributed by atoms with Gasteiger partial charge in [-0.2, -0.15) is 0 Å². The van der Waals surface area contributed by atoms with Crippen LogP contribution in [0.25, 0.3) is 0 Å². The van der Waals surface area contributed by atoms with Gasteiger partial charge in [-0.3, -0.25) is 0 Å². The largest absolute Gasteiger partial charge is 0.398 e. The number of aryl methyl sites for hydroxylation is 3. The summed E-state index contributed by atoms with van der Waals surface area (Å²) in [6.45, 7) is 10.5. The van der Waals surface area contributed by atoms with Gasteiger partial charge in [0.25, 0.3) is 0 Å². The zero-order valence-corrected chi connectivity index (χ0v) is 16.9. The fraction of sp³-hybridized carbons (Fsp3) is 0.455. The van der Waals surface area contributed by atoms with Crippen LogP contribution in [0.4, 0.5) is 22.7 Å². The molecule has 0 aliphatic rings. The first-order valence-corrected chi connectivity index (χ1v) is 9.56. The van der Waals surface area contributed by atoms with Gasteiger partial charge in [0.05, 0.1) is 0 Å². The minimum absolute atomic E-state index is 0.309. The molecular weight excluding hydrogens is 320 g/mol. The van der Waals surface area contributed by atoms with Gasteiger partial charge in [-0.15, -0.1) is 0 Å². The molecule has 0 radical (unpaired) electrons. The number of benzene rings is 2. The van der Waals surface area contributed by atoms with Crippen molar-refractivity contribution < 1.29 is 0 Å². The van der Waals surface area contributed by atoms with Crippen molar-refractivity contribution in [3.05, 3.63) is 45.5 Å². The van der Waals surface area contributed by atoms with Gasteiger partial charge in [-0.05, 0) is 78.8 Å². The highest BCUT2D eigenvalue weighted by atomic mass is 14.6. The summed E-state index contributed by atoms with van der Waals surface area (Å²) in [5, 5.41) is 0. The number of rotatable bonds is 6. The molecule has 1 unspecified atom stereocenters. The molecule has 0 spiro atoms. The lowest BCUT2D eigenvalue weighted by atomic mass is 9.87. The fourth-order valence-electron chi connectivity index (χ4n) is 3.72. The molecule has 0 fully saturated rings. The van der Waals surface area contributed by atoms with Gasteiger partial charge < -0.3 is 22.9 Å². The fourth-order valence-corrected chi connectivity index (χ4v) is 3.72. The molecule has 2 rings (SSSR count). The highest BCUT2D eigenvalue weighted by Crippen LogP contribution is 2.36. The second kappa shape index (κ2) is 7.90. The first-order chi connectivity index (χ1) is 12.2. The Morgan fingerprint density at radius 2 is 1.38 bits per heavy atom. The van der Waals surface area contributed by atoms with Crippen LogP contribution < -0.4 is 22.9 Å². The Kier molecular flexibility index (Phi) is 6.06. The molecule has 2 aromatic carbocycles. The molecule has 0 saturated heterocycles. The third-order valence-electron chi connectivity index (χ3n) is 5.73. The maximum atomic E-state index is 6.39. The quantitative estimate of drug-likeness (QED) is 0.573. The Labute approximate surface area is 157 Å². The smallest absolute Gasteiger partial charge is 0.0399 e. The maximum absolute atomic E-state index is 6.39. The Morgan fingerprint density at radius 3 is 1.96 bits per heavy atom. The van der Waals surface area contributed by atoms with Crippen LogP contribution in [0.2, 0.25) is 0 Å². The van der Waals surface area contributed by atoms with E-state index in [0.29, 0.717) is 5.92 Å². The normalized spacial score (nSPS) is 12.3. The number of nitrogens with two attached hydrogens (primary N) is 4. The molecule has 0 saturated carbocycles. The maximum Gasteiger partial charge on any atom is 0.0399 e. The van der Waals surface area contributed by atoms with Gasteiger partial charge in [0.2, 0.25) is 0 Å². The summed E-state index contributed by atoms with van der Waals surface area (Å²) in [4.78, 5) is 0. The molecule has 0 aromatic heterocycles. The van der Waals surface area contributed by atoms with Gasteiger partial charge in [0, 0.05) is 22.7 Å². The molecule has 0 heterocycles. The van der Waals surface area contributed by atoms with Gasteiger partial charge >= 0.3 is 0 Å². The second-order valence-electron chi connectivity index (χ2n) is 7.38. The van der Waals surface area contributed by atoms with Crippen molar-refractivity contribution in [2.24, 2.45) is 0 Å². The molecule has 0 amide bonds. The van der Waals surface area contributed by atoms with Crippen LogP contribution in [0.15, 0.2) is 12.1 Å². The van der Waals surface area contributed by atoms with Crippen molar-refractivity contribution >= 4 is 22.7 Å². The highest BCUT2D eigenvalue weighted by molar-refractivity contribution is 5.70. The first-order valence-electron chi connectivity index (χ1n) is 9.56. The topological polar surface area (TPSA) is 104 Å². The molecular formula is C22H34N4. The average molecular weight is 355 g/mol. The van der Waals surface area contributed by atoms with Crippen LogP contribution in [-0.2, 0) is 19.3 Å². The number of hydrogen-bond acceptors (Lipinski definition) is 4. The predicted octanol–water partition coefficient (Wildman–Crippen LogP) is 4.49. The van der Waals surface area contributed by atoms with Crippen molar-refractivity contribution in [3.63, 3.8) is 0 Å². The monoisotopic (exact) mass is 354 g/mol. The van der Waals surface area contributed by atoms with E-state index in [-0.39, 0.29) is 0 Å². The molecule has 4 heteroatoms. The number of anilines is 4. The Hall–Kier alpha value is -2.36. The van der Waals surface area contributed by atoms with Gasteiger partial charge in [-0.1, -0.05) is 32.9 Å². The summed E-state index contributed by atoms with van der Waals surface area (Å²) < 4.78 is 0. The Balaban J connectivity index is 2.32. The van der Waals surface area contributed by atoms with Gasteiger partial charge in [-0.25, -0.2) is 0 Å². The predicted molar refractivity (Wildman–Crippen MR) is 115 cm³/mol. The summed E-state index contributed by atoms with van der Waals surface area (Å²) in [7, 11) is 0.